The van der Waals surface area contributed by atoms with E-state index in [1.807, 2.05) is 0 Å². The van der Waals surface area contributed by atoms with Gasteiger partial charge in [0.1, 0.15) is 12.4 Å². The molecule has 2 saturated carbocycles. The minimum Gasteiger partial charge on any atom is -0.490 e. The number of hydrogen-bond donors (Lipinski definition) is 1. The maximum absolute atomic E-state index is 10.5. The van der Waals surface area contributed by atoms with E-state index in [4.69, 9.17) is 4.74 Å². The fourth-order valence-corrected chi connectivity index (χ4v) is 5.78. The molecule has 3 aliphatic rings. The van der Waals surface area contributed by atoms with Gasteiger partial charge in [0.25, 0.3) is 0 Å². The van der Waals surface area contributed by atoms with Crippen molar-refractivity contribution in [2.75, 3.05) is 6.61 Å². The Balaban J connectivity index is 1.61. The summed E-state index contributed by atoms with van der Waals surface area (Å²) in [6.45, 7) is 6.63. The van der Waals surface area contributed by atoms with E-state index < -0.39 is 0 Å². The zero-order valence-corrected chi connectivity index (χ0v) is 14.1. The van der Waals surface area contributed by atoms with Gasteiger partial charge in [0.05, 0.1) is 6.10 Å². The van der Waals surface area contributed by atoms with E-state index in [1.165, 1.54) is 31.2 Å². The van der Waals surface area contributed by atoms with Crippen LogP contribution in [0.5, 0.6) is 5.75 Å². The van der Waals surface area contributed by atoms with Crippen LogP contribution < -0.4 is 4.74 Å². The first-order valence-electron chi connectivity index (χ1n) is 9.18. The van der Waals surface area contributed by atoms with Crippen molar-refractivity contribution in [2.45, 2.75) is 57.5 Å². The van der Waals surface area contributed by atoms with Crippen molar-refractivity contribution in [3.8, 4) is 5.75 Å². The van der Waals surface area contributed by atoms with Gasteiger partial charge in [-0.25, -0.2) is 0 Å². The number of benzene rings is 1. The first-order valence-corrected chi connectivity index (χ1v) is 9.18. The van der Waals surface area contributed by atoms with Gasteiger partial charge in [-0.1, -0.05) is 25.6 Å². The molecule has 2 fully saturated rings. The Morgan fingerprint density at radius 1 is 1.30 bits per heavy atom. The molecule has 0 aromatic heterocycles. The maximum atomic E-state index is 10.5. The summed E-state index contributed by atoms with van der Waals surface area (Å²) in [5.41, 5.74) is 3.21. The van der Waals surface area contributed by atoms with Gasteiger partial charge in [-0.15, -0.1) is 0 Å². The molecule has 0 heterocycles. The second-order valence-electron chi connectivity index (χ2n) is 8.01. The summed E-state index contributed by atoms with van der Waals surface area (Å²) < 4.78 is 5.71. The highest BCUT2D eigenvalue weighted by Crippen LogP contribution is 2.60. The van der Waals surface area contributed by atoms with E-state index >= 15 is 0 Å². The molecule has 0 aliphatic heterocycles. The summed E-state index contributed by atoms with van der Waals surface area (Å²) in [4.78, 5) is 0. The lowest BCUT2D eigenvalue weighted by atomic mass is 9.55. The van der Waals surface area contributed by atoms with Gasteiger partial charge in [0.2, 0.25) is 0 Å². The highest BCUT2D eigenvalue weighted by molar-refractivity contribution is 5.40. The molecule has 4 rings (SSSR count). The second kappa shape index (κ2) is 5.66. The molecule has 2 heteroatoms. The van der Waals surface area contributed by atoms with E-state index in [1.54, 1.807) is 11.6 Å². The van der Waals surface area contributed by atoms with Gasteiger partial charge < -0.3 is 9.84 Å². The second-order valence-corrected chi connectivity index (χ2v) is 8.01. The average molecular weight is 312 g/mol. The van der Waals surface area contributed by atoms with Crippen molar-refractivity contribution < 1.29 is 9.84 Å². The van der Waals surface area contributed by atoms with Crippen LogP contribution in [0.2, 0.25) is 0 Å². The lowest BCUT2D eigenvalue weighted by molar-refractivity contribution is -0.0226. The molecule has 0 amide bonds. The van der Waals surface area contributed by atoms with E-state index in [-0.39, 0.29) is 11.5 Å². The Kier molecular flexibility index (Phi) is 3.76. The highest BCUT2D eigenvalue weighted by Gasteiger charge is 2.54. The fraction of sp³-hybridized carbons (Fsp3) is 0.619. The summed E-state index contributed by atoms with van der Waals surface area (Å²) in [5.74, 6) is 3.13. The fourth-order valence-electron chi connectivity index (χ4n) is 5.78. The molecule has 3 aliphatic carbocycles. The molecule has 0 spiro atoms. The third-order valence-electron chi connectivity index (χ3n) is 7.02. The third kappa shape index (κ3) is 2.34. The van der Waals surface area contributed by atoms with Crippen LogP contribution in [0.15, 0.2) is 30.9 Å². The molecule has 1 aromatic rings. The van der Waals surface area contributed by atoms with E-state index in [0.29, 0.717) is 18.4 Å². The first kappa shape index (κ1) is 15.3. The summed E-state index contributed by atoms with van der Waals surface area (Å²) in [6.07, 6.45) is 8.77. The van der Waals surface area contributed by atoms with Crippen LogP contribution in [0.25, 0.3) is 0 Å². The monoisotopic (exact) mass is 312 g/mol. The van der Waals surface area contributed by atoms with Crippen LogP contribution in [-0.2, 0) is 6.42 Å². The standard InChI is InChI=1S/C21H28O2/c1-3-12-23-15-5-7-16-14(13-15)4-6-18-17(16)10-11-21(2)19(18)8-9-20(21)22/h3,5,7,13,17-20,22H,1,4,6,8-12H2,2H3/t17-,18-,19-,20-,21+/m0/s1. The van der Waals surface area contributed by atoms with Crippen molar-refractivity contribution in [3.63, 3.8) is 0 Å². The van der Waals surface area contributed by atoms with E-state index in [0.717, 1.165) is 24.5 Å². The SMILES string of the molecule is C=CCOc1ccc2c(c1)CC[C@H]1[C@H]2CC[C@@]2(C)[C@@H](O)CC[C@@H]12. The summed E-state index contributed by atoms with van der Waals surface area (Å²) in [7, 11) is 0. The van der Waals surface area contributed by atoms with Crippen LogP contribution in [0, 0.1) is 17.3 Å². The molecular weight excluding hydrogens is 284 g/mol. The van der Waals surface area contributed by atoms with Crippen LogP contribution in [0.3, 0.4) is 0 Å². The molecule has 5 atom stereocenters. The Labute approximate surface area is 139 Å². The number of aryl methyl sites for hydroxylation is 1. The minimum atomic E-state index is -0.0791. The van der Waals surface area contributed by atoms with Crippen LogP contribution >= 0.6 is 0 Å². The normalized spacial score (nSPS) is 38.3. The Bertz CT molecular complexity index is 608. The van der Waals surface area contributed by atoms with Crippen molar-refractivity contribution in [2.24, 2.45) is 17.3 Å². The van der Waals surface area contributed by atoms with Crippen LogP contribution in [-0.4, -0.2) is 17.8 Å². The van der Waals surface area contributed by atoms with Gasteiger partial charge in [0, 0.05) is 0 Å². The smallest absolute Gasteiger partial charge is 0.120 e. The first-order chi connectivity index (χ1) is 11.1. The number of fused-ring (bicyclic) bond motifs is 5. The topological polar surface area (TPSA) is 29.5 Å². The number of aliphatic hydroxyl groups is 1. The molecule has 1 N–H and O–H groups in total. The molecule has 0 radical (unpaired) electrons. The zero-order chi connectivity index (χ0) is 16.0. The number of hydrogen-bond acceptors (Lipinski definition) is 2. The van der Waals surface area contributed by atoms with Gasteiger partial charge in [-0.3, -0.25) is 0 Å². The molecule has 23 heavy (non-hydrogen) atoms. The number of ether oxygens (including phenoxy) is 1. The Morgan fingerprint density at radius 2 is 2.17 bits per heavy atom. The van der Waals surface area contributed by atoms with E-state index in [9.17, 15) is 5.11 Å². The maximum Gasteiger partial charge on any atom is 0.120 e. The zero-order valence-electron chi connectivity index (χ0n) is 14.1. The molecular formula is C21H28O2. The van der Waals surface area contributed by atoms with Gasteiger partial charge in [-0.2, -0.15) is 0 Å². The van der Waals surface area contributed by atoms with E-state index in [2.05, 4.69) is 31.7 Å². The predicted molar refractivity (Wildman–Crippen MR) is 92.8 cm³/mol. The average Bonchev–Trinajstić information content (AvgIpc) is 2.88. The van der Waals surface area contributed by atoms with Gasteiger partial charge in [-0.05, 0) is 85.0 Å². The molecule has 0 bridgehead atoms. The Morgan fingerprint density at radius 3 is 3.00 bits per heavy atom. The molecule has 124 valence electrons. The molecule has 0 saturated heterocycles. The lowest BCUT2D eigenvalue weighted by Crippen LogP contribution is -2.43. The van der Waals surface area contributed by atoms with Gasteiger partial charge in [0.15, 0.2) is 0 Å². The summed E-state index contributed by atoms with van der Waals surface area (Å²) >= 11 is 0. The number of rotatable bonds is 3. The van der Waals surface area contributed by atoms with Crippen molar-refractivity contribution in [3.05, 3.63) is 42.0 Å². The van der Waals surface area contributed by atoms with Crippen molar-refractivity contribution >= 4 is 0 Å². The van der Waals surface area contributed by atoms with Gasteiger partial charge >= 0.3 is 0 Å². The largest absolute Gasteiger partial charge is 0.490 e. The number of aliphatic hydroxyl groups excluding tert-OH is 1. The molecule has 2 nitrogen and oxygen atoms in total. The third-order valence-corrected chi connectivity index (χ3v) is 7.02. The molecule has 0 unspecified atom stereocenters. The summed E-state index contributed by atoms with van der Waals surface area (Å²) in [6, 6.07) is 6.67. The summed E-state index contributed by atoms with van der Waals surface area (Å²) in [5, 5.41) is 10.5. The van der Waals surface area contributed by atoms with Crippen LogP contribution in [0.4, 0.5) is 0 Å². The Hall–Kier alpha value is -1.28. The predicted octanol–water partition coefficient (Wildman–Crippen LogP) is 4.47. The highest BCUT2D eigenvalue weighted by atomic mass is 16.5. The quantitative estimate of drug-likeness (QED) is 0.835. The van der Waals surface area contributed by atoms with Crippen LogP contribution in [0.1, 0.15) is 56.1 Å². The lowest BCUT2D eigenvalue weighted by Gasteiger charge is -2.50. The van der Waals surface area contributed by atoms with Crippen molar-refractivity contribution in [1.29, 1.82) is 0 Å². The minimum absolute atomic E-state index is 0.0791. The molecule has 1 aromatic carbocycles. The van der Waals surface area contributed by atoms with Crippen molar-refractivity contribution in [1.82, 2.24) is 0 Å².